The Morgan fingerprint density at radius 2 is 2.21 bits per heavy atom. The summed E-state index contributed by atoms with van der Waals surface area (Å²) in [5.41, 5.74) is 1.85. The lowest BCUT2D eigenvalue weighted by Crippen LogP contribution is -1.98. The van der Waals surface area contributed by atoms with Gasteiger partial charge in [0.25, 0.3) is 0 Å². The number of benzene rings is 1. The van der Waals surface area contributed by atoms with E-state index in [4.69, 9.17) is 5.26 Å². The maximum absolute atomic E-state index is 12.5. The molecule has 5 heteroatoms. The number of nitrogens with zero attached hydrogens (tertiary/aromatic N) is 1. The zero-order valence-corrected chi connectivity index (χ0v) is 12.0. The van der Waals surface area contributed by atoms with Crippen LogP contribution in [0, 0.1) is 11.3 Å². The number of rotatable bonds is 2. The van der Waals surface area contributed by atoms with Gasteiger partial charge in [-0.1, -0.05) is 6.07 Å². The van der Waals surface area contributed by atoms with Gasteiger partial charge in [0.2, 0.25) is 5.78 Å². The summed E-state index contributed by atoms with van der Waals surface area (Å²) < 4.78 is 0.784. The maximum Gasteiger partial charge on any atom is 0.206 e. The highest BCUT2D eigenvalue weighted by Crippen LogP contribution is 2.29. The lowest BCUT2D eigenvalue weighted by atomic mass is 10.0. The Morgan fingerprint density at radius 1 is 1.37 bits per heavy atom. The van der Waals surface area contributed by atoms with E-state index in [0.717, 1.165) is 9.99 Å². The fraction of sp³-hybridized carbons (Fsp3) is 0. The van der Waals surface area contributed by atoms with Crippen LogP contribution in [0.15, 0.2) is 40.3 Å². The summed E-state index contributed by atoms with van der Waals surface area (Å²) in [6.45, 7) is 0. The third-order valence-corrected chi connectivity index (χ3v) is 4.73. The van der Waals surface area contributed by atoms with E-state index in [9.17, 15) is 4.79 Å². The van der Waals surface area contributed by atoms with Crippen LogP contribution in [0.2, 0.25) is 0 Å². The van der Waals surface area contributed by atoms with E-state index in [1.807, 2.05) is 17.5 Å². The molecular formula is C14H7BrN2OS. The molecule has 0 atom stereocenters. The molecule has 0 aliphatic heterocycles. The first-order valence-corrected chi connectivity index (χ1v) is 7.17. The molecule has 3 rings (SSSR count). The Kier molecular flexibility index (Phi) is 2.97. The van der Waals surface area contributed by atoms with E-state index in [-0.39, 0.29) is 5.78 Å². The average Bonchev–Trinajstić information content (AvgIpc) is 3.03. The lowest BCUT2D eigenvalue weighted by Gasteiger charge is -1.99. The topological polar surface area (TPSA) is 56.6 Å². The van der Waals surface area contributed by atoms with Crippen LogP contribution in [-0.2, 0) is 0 Å². The number of hydrogen-bond donors (Lipinski definition) is 1. The Balaban J connectivity index is 2.25. The summed E-state index contributed by atoms with van der Waals surface area (Å²) in [5, 5.41) is 11.7. The van der Waals surface area contributed by atoms with Gasteiger partial charge in [0.1, 0.15) is 0 Å². The fourth-order valence-electron chi connectivity index (χ4n) is 2.04. The predicted octanol–water partition coefficient (Wildman–Crippen LogP) is 4.09. The SMILES string of the molecule is N#Cc1cccc2[nH]cc(C(=O)c3sccc3Br)c12. The van der Waals surface area contributed by atoms with Crippen LogP contribution in [0.5, 0.6) is 0 Å². The molecule has 1 aromatic carbocycles. The molecule has 0 saturated carbocycles. The summed E-state index contributed by atoms with van der Waals surface area (Å²) in [6.07, 6.45) is 1.67. The minimum atomic E-state index is -0.0733. The van der Waals surface area contributed by atoms with E-state index < -0.39 is 0 Å². The number of halogens is 1. The Labute approximate surface area is 121 Å². The molecule has 2 aromatic heterocycles. The Morgan fingerprint density at radius 3 is 2.89 bits per heavy atom. The van der Waals surface area contributed by atoms with Gasteiger partial charge in [-0.2, -0.15) is 5.26 Å². The number of nitrogens with one attached hydrogen (secondary N) is 1. The molecule has 0 aliphatic rings. The average molecular weight is 331 g/mol. The first-order chi connectivity index (χ1) is 9.22. The molecule has 0 bridgehead atoms. The molecule has 2 heterocycles. The van der Waals surface area contributed by atoms with Gasteiger partial charge in [-0.3, -0.25) is 4.79 Å². The van der Waals surface area contributed by atoms with Crippen LogP contribution in [0.25, 0.3) is 10.9 Å². The largest absolute Gasteiger partial charge is 0.360 e. The van der Waals surface area contributed by atoms with Crippen LogP contribution in [0.4, 0.5) is 0 Å². The minimum absolute atomic E-state index is 0.0733. The molecule has 19 heavy (non-hydrogen) atoms. The molecule has 3 nitrogen and oxygen atoms in total. The normalized spacial score (nSPS) is 10.5. The maximum atomic E-state index is 12.5. The standard InChI is InChI=1S/C14H7BrN2OS/c15-10-4-5-19-14(10)13(18)9-7-17-11-3-1-2-8(6-16)12(9)11/h1-5,7,17H. The van der Waals surface area contributed by atoms with Crippen LogP contribution in [-0.4, -0.2) is 10.8 Å². The number of carbonyl (C=O) groups is 1. The van der Waals surface area contributed by atoms with Gasteiger partial charge in [0.15, 0.2) is 0 Å². The van der Waals surface area contributed by atoms with E-state index in [2.05, 4.69) is 27.0 Å². The van der Waals surface area contributed by atoms with Crippen molar-refractivity contribution in [2.75, 3.05) is 0 Å². The van der Waals surface area contributed by atoms with Gasteiger partial charge in [-0.05, 0) is 39.5 Å². The molecule has 0 spiro atoms. The molecule has 0 unspecified atom stereocenters. The number of aromatic nitrogens is 1. The van der Waals surface area contributed by atoms with Crippen molar-refractivity contribution in [1.82, 2.24) is 4.98 Å². The summed E-state index contributed by atoms with van der Waals surface area (Å²) in [7, 11) is 0. The number of fused-ring (bicyclic) bond motifs is 1. The van der Waals surface area contributed by atoms with E-state index in [1.54, 1.807) is 18.3 Å². The second kappa shape index (κ2) is 4.65. The van der Waals surface area contributed by atoms with Crippen LogP contribution in [0.1, 0.15) is 20.8 Å². The summed E-state index contributed by atoms with van der Waals surface area (Å²) >= 11 is 4.75. The highest BCUT2D eigenvalue weighted by Gasteiger charge is 2.19. The zero-order valence-electron chi connectivity index (χ0n) is 9.61. The Hall–Kier alpha value is -1.90. The molecule has 1 N–H and O–H groups in total. The second-order valence-corrected chi connectivity index (χ2v) is 5.74. The highest BCUT2D eigenvalue weighted by molar-refractivity contribution is 9.10. The third kappa shape index (κ3) is 1.89. The van der Waals surface area contributed by atoms with E-state index in [0.29, 0.717) is 21.4 Å². The van der Waals surface area contributed by atoms with Crippen LogP contribution < -0.4 is 0 Å². The van der Waals surface area contributed by atoms with Crippen LogP contribution in [0.3, 0.4) is 0 Å². The smallest absolute Gasteiger partial charge is 0.206 e. The number of carbonyl (C=O) groups excluding carboxylic acids is 1. The molecule has 0 fully saturated rings. The molecule has 0 amide bonds. The van der Waals surface area contributed by atoms with Gasteiger partial charge in [-0.25, -0.2) is 0 Å². The fourth-order valence-corrected chi connectivity index (χ4v) is 3.54. The van der Waals surface area contributed by atoms with Crippen molar-refractivity contribution in [1.29, 1.82) is 5.26 Å². The van der Waals surface area contributed by atoms with Gasteiger partial charge >= 0.3 is 0 Å². The first kappa shape index (κ1) is 12.2. The molecule has 3 aromatic rings. The number of ketones is 1. The van der Waals surface area contributed by atoms with Gasteiger partial charge in [0, 0.05) is 21.6 Å². The number of thiophene rings is 1. The number of hydrogen-bond acceptors (Lipinski definition) is 3. The van der Waals surface area contributed by atoms with Crippen molar-refractivity contribution in [3.63, 3.8) is 0 Å². The molecule has 92 valence electrons. The highest BCUT2D eigenvalue weighted by atomic mass is 79.9. The predicted molar refractivity (Wildman–Crippen MR) is 78.5 cm³/mol. The van der Waals surface area contributed by atoms with Gasteiger partial charge in [-0.15, -0.1) is 11.3 Å². The van der Waals surface area contributed by atoms with E-state index >= 15 is 0 Å². The quantitative estimate of drug-likeness (QED) is 0.719. The number of nitriles is 1. The number of H-pyrrole nitrogens is 1. The van der Waals surface area contributed by atoms with E-state index in [1.165, 1.54) is 11.3 Å². The minimum Gasteiger partial charge on any atom is -0.360 e. The van der Waals surface area contributed by atoms with Crippen molar-refractivity contribution in [3.8, 4) is 6.07 Å². The molecule has 0 aliphatic carbocycles. The molecule has 0 saturated heterocycles. The summed E-state index contributed by atoms with van der Waals surface area (Å²) in [5.74, 6) is -0.0733. The Bertz CT molecular complexity index is 825. The monoisotopic (exact) mass is 330 g/mol. The first-order valence-electron chi connectivity index (χ1n) is 5.50. The number of aromatic amines is 1. The second-order valence-electron chi connectivity index (χ2n) is 3.97. The van der Waals surface area contributed by atoms with Crippen molar-refractivity contribution in [2.45, 2.75) is 0 Å². The summed E-state index contributed by atoms with van der Waals surface area (Å²) in [6, 6.07) is 9.35. The summed E-state index contributed by atoms with van der Waals surface area (Å²) in [4.78, 5) is 16.2. The van der Waals surface area contributed by atoms with Crippen molar-refractivity contribution >= 4 is 44.0 Å². The van der Waals surface area contributed by atoms with Gasteiger partial charge in [0.05, 0.1) is 22.1 Å². The molecular weight excluding hydrogens is 324 g/mol. The van der Waals surface area contributed by atoms with Crippen molar-refractivity contribution in [3.05, 3.63) is 56.3 Å². The van der Waals surface area contributed by atoms with Crippen molar-refractivity contribution < 1.29 is 4.79 Å². The zero-order chi connectivity index (χ0) is 13.4. The third-order valence-electron chi connectivity index (χ3n) is 2.89. The van der Waals surface area contributed by atoms with Crippen molar-refractivity contribution in [2.24, 2.45) is 0 Å². The van der Waals surface area contributed by atoms with Crippen LogP contribution >= 0.6 is 27.3 Å². The molecule has 0 radical (unpaired) electrons. The lowest BCUT2D eigenvalue weighted by molar-refractivity contribution is 0.104. The van der Waals surface area contributed by atoms with Gasteiger partial charge < -0.3 is 4.98 Å².